The Bertz CT molecular complexity index is 988. The van der Waals surface area contributed by atoms with E-state index in [9.17, 15) is 14.3 Å². The van der Waals surface area contributed by atoms with Gasteiger partial charge in [-0.2, -0.15) is 0 Å². The van der Waals surface area contributed by atoms with Gasteiger partial charge >= 0.3 is 0 Å². The minimum absolute atomic E-state index is 0.00120. The van der Waals surface area contributed by atoms with Gasteiger partial charge in [0.15, 0.2) is 0 Å². The quantitative estimate of drug-likeness (QED) is 0.418. The number of anilines is 2. The predicted molar refractivity (Wildman–Crippen MR) is 110 cm³/mol. The summed E-state index contributed by atoms with van der Waals surface area (Å²) >= 11 is 1.61. The van der Waals surface area contributed by atoms with Crippen molar-refractivity contribution in [2.24, 2.45) is 0 Å². The largest absolute Gasteiger partial charge is 0.397 e. The third-order valence-electron chi connectivity index (χ3n) is 4.10. The van der Waals surface area contributed by atoms with Crippen LogP contribution in [-0.2, 0) is 10.7 Å². The average molecular weight is 401 g/mol. The Morgan fingerprint density at radius 2 is 2.11 bits per heavy atom. The summed E-state index contributed by atoms with van der Waals surface area (Å²) in [5.74, 6) is -0.341. The normalized spacial score (nSPS) is 13.1. The van der Waals surface area contributed by atoms with Crippen molar-refractivity contribution in [3.63, 3.8) is 0 Å². The molecular weight excluding hydrogens is 381 g/mol. The van der Waals surface area contributed by atoms with E-state index in [2.05, 4.69) is 10.3 Å². The molecule has 1 amide bonds. The summed E-state index contributed by atoms with van der Waals surface area (Å²) in [6.45, 7) is 1.66. The lowest BCUT2D eigenvalue weighted by Crippen LogP contribution is -2.13. The molecule has 0 aliphatic heterocycles. The highest BCUT2D eigenvalue weighted by Crippen LogP contribution is 2.43. The minimum Gasteiger partial charge on any atom is -0.397 e. The fraction of sp³-hybridized carbons (Fsp3) is 0.158. The maximum Gasteiger partial charge on any atom is 0.257 e. The average Bonchev–Trinajstić information content (AvgIpc) is 3.18. The molecule has 0 aliphatic carbocycles. The standard InChI is InChI=1S/C19H20N3O3PS/c1-2-26(24,25)12-15-7-5-14(11-21-15)19(23)22-17-10-13(6-8-16(17)20)18-4-3-9-27-18/h3-11H,2,12,20H2,1H3,(H,22,23)(H,24,25). The van der Waals surface area contributed by atoms with E-state index in [-0.39, 0.29) is 18.2 Å². The zero-order valence-corrected chi connectivity index (χ0v) is 16.5. The van der Waals surface area contributed by atoms with Crippen LogP contribution in [0.2, 0.25) is 0 Å². The van der Waals surface area contributed by atoms with E-state index in [4.69, 9.17) is 5.73 Å². The van der Waals surface area contributed by atoms with E-state index < -0.39 is 7.37 Å². The number of thiophene rings is 1. The Balaban J connectivity index is 1.76. The van der Waals surface area contributed by atoms with Crippen molar-refractivity contribution < 1.29 is 14.3 Å². The molecule has 0 saturated carbocycles. The van der Waals surface area contributed by atoms with Gasteiger partial charge in [0.05, 0.1) is 23.1 Å². The zero-order chi connectivity index (χ0) is 19.4. The Kier molecular flexibility index (Phi) is 5.75. The van der Waals surface area contributed by atoms with Gasteiger partial charge in [0.25, 0.3) is 5.91 Å². The number of aromatic nitrogens is 1. The van der Waals surface area contributed by atoms with Gasteiger partial charge in [-0.3, -0.25) is 14.3 Å². The highest BCUT2D eigenvalue weighted by Gasteiger charge is 2.17. The van der Waals surface area contributed by atoms with Crippen LogP contribution in [0.1, 0.15) is 23.0 Å². The third kappa shape index (κ3) is 4.83. The van der Waals surface area contributed by atoms with Crippen molar-refractivity contribution in [1.29, 1.82) is 0 Å². The van der Waals surface area contributed by atoms with E-state index in [0.29, 0.717) is 22.6 Å². The second kappa shape index (κ2) is 8.05. The first kappa shape index (κ1) is 19.3. The molecular formula is C19H20N3O3PS. The smallest absolute Gasteiger partial charge is 0.257 e. The maximum absolute atomic E-state index is 12.5. The van der Waals surface area contributed by atoms with E-state index in [1.165, 1.54) is 6.20 Å². The summed E-state index contributed by atoms with van der Waals surface area (Å²) in [4.78, 5) is 27.4. The lowest BCUT2D eigenvalue weighted by atomic mass is 10.1. The molecule has 6 nitrogen and oxygen atoms in total. The number of carbonyl (C=O) groups is 1. The second-order valence-electron chi connectivity index (χ2n) is 6.09. The number of nitrogens with zero attached hydrogens (tertiary/aromatic N) is 1. The van der Waals surface area contributed by atoms with Gasteiger partial charge < -0.3 is 15.9 Å². The van der Waals surface area contributed by atoms with Crippen LogP contribution in [0, 0.1) is 0 Å². The van der Waals surface area contributed by atoms with Crippen molar-refractivity contribution in [3.8, 4) is 10.4 Å². The number of pyridine rings is 1. The van der Waals surface area contributed by atoms with Crippen LogP contribution in [0.15, 0.2) is 54.0 Å². The topological polar surface area (TPSA) is 105 Å². The van der Waals surface area contributed by atoms with Crippen molar-refractivity contribution in [2.75, 3.05) is 17.2 Å². The zero-order valence-electron chi connectivity index (χ0n) is 14.8. The summed E-state index contributed by atoms with van der Waals surface area (Å²) in [7, 11) is -3.20. The fourth-order valence-corrected chi connectivity index (χ4v) is 4.11. The molecule has 0 radical (unpaired) electrons. The molecule has 2 heterocycles. The van der Waals surface area contributed by atoms with Crippen molar-refractivity contribution in [2.45, 2.75) is 13.1 Å². The number of rotatable bonds is 6. The number of benzene rings is 1. The number of amides is 1. The first-order valence-corrected chi connectivity index (χ1v) is 11.3. The molecule has 3 rings (SSSR count). The van der Waals surface area contributed by atoms with Crippen LogP contribution in [0.3, 0.4) is 0 Å². The summed E-state index contributed by atoms with van der Waals surface area (Å²) < 4.78 is 11.8. The van der Waals surface area contributed by atoms with E-state index in [1.807, 2.05) is 29.6 Å². The molecule has 140 valence electrons. The van der Waals surface area contributed by atoms with Gasteiger partial charge in [-0.25, -0.2) is 0 Å². The van der Waals surface area contributed by atoms with Crippen LogP contribution < -0.4 is 11.1 Å². The van der Waals surface area contributed by atoms with Gasteiger partial charge in [-0.1, -0.05) is 19.1 Å². The molecule has 3 aromatic rings. The van der Waals surface area contributed by atoms with Crippen LogP contribution in [0.4, 0.5) is 11.4 Å². The molecule has 0 bridgehead atoms. The van der Waals surface area contributed by atoms with Crippen LogP contribution in [-0.4, -0.2) is 21.9 Å². The molecule has 4 N–H and O–H groups in total. The molecule has 0 saturated heterocycles. The van der Waals surface area contributed by atoms with Crippen molar-refractivity contribution in [3.05, 3.63) is 65.3 Å². The maximum atomic E-state index is 12.5. The molecule has 1 atom stereocenters. The van der Waals surface area contributed by atoms with Crippen molar-refractivity contribution in [1.82, 2.24) is 4.98 Å². The summed E-state index contributed by atoms with van der Waals surface area (Å²) in [6.07, 6.45) is 1.59. The van der Waals surface area contributed by atoms with Crippen LogP contribution in [0.5, 0.6) is 0 Å². The first-order chi connectivity index (χ1) is 12.9. The third-order valence-corrected chi connectivity index (χ3v) is 6.82. The Morgan fingerprint density at radius 1 is 1.30 bits per heavy atom. The molecule has 1 aromatic carbocycles. The van der Waals surface area contributed by atoms with Gasteiger partial charge in [0, 0.05) is 22.9 Å². The Hall–Kier alpha value is -2.47. The minimum atomic E-state index is -3.20. The monoisotopic (exact) mass is 401 g/mol. The molecule has 2 aromatic heterocycles. The fourth-order valence-electron chi connectivity index (χ4n) is 2.47. The molecule has 1 unspecified atom stereocenters. The summed E-state index contributed by atoms with van der Waals surface area (Å²) in [5, 5.41) is 4.79. The number of hydrogen-bond acceptors (Lipinski definition) is 5. The lowest BCUT2D eigenvalue weighted by molar-refractivity contribution is 0.102. The van der Waals surface area contributed by atoms with E-state index in [0.717, 1.165) is 10.4 Å². The molecule has 0 aliphatic rings. The molecule has 8 heteroatoms. The van der Waals surface area contributed by atoms with Gasteiger partial charge in [-0.05, 0) is 41.3 Å². The van der Waals surface area contributed by atoms with E-state index >= 15 is 0 Å². The van der Waals surface area contributed by atoms with Gasteiger partial charge in [-0.15, -0.1) is 11.3 Å². The number of nitrogens with two attached hydrogens (primary N) is 1. The van der Waals surface area contributed by atoms with E-state index in [1.54, 1.807) is 36.5 Å². The second-order valence-corrected chi connectivity index (χ2v) is 9.68. The number of carbonyl (C=O) groups excluding carboxylic acids is 1. The lowest BCUT2D eigenvalue weighted by Gasteiger charge is -2.11. The van der Waals surface area contributed by atoms with Crippen LogP contribution in [0.25, 0.3) is 10.4 Å². The van der Waals surface area contributed by atoms with Gasteiger partial charge in [0.1, 0.15) is 0 Å². The molecule has 0 spiro atoms. The number of nitrogens with one attached hydrogen (secondary N) is 1. The number of hydrogen-bond donors (Lipinski definition) is 3. The highest BCUT2D eigenvalue weighted by atomic mass is 32.1. The molecule has 27 heavy (non-hydrogen) atoms. The predicted octanol–water partition coefficient (Wildman–Crippen LogP) is 4.43. The SMILES string of the molecule is CCP(=O)(O)Cc1ccc(C(=O)Nc2cc(-c3cccs3)ccc2N)cn1. The van der Waals surface area contributed by atoms with Gasteiger partial charge in [0.2, 0.25) is 7.37 Å². The summed E-state index contributed by atoms with van der Waals surface area (Å²) in [5.41, 5.74) is 8.80. The van der Waals surface area contributed by atoms with Crippen LogP contribution >= 0.6 is 18.7 Å². The summed E-state index contributed by atoms with van der Waals surface area (Å²) in [6, 6.07) is 12.7. The Morgan fingerprint density at radius 3 is 2.74 bits per heavy atom. The first-order valence-electron chi connectivity index (χ1n) is 8.38. The highest BCUT2D eigenvalue weighted by molar-refractivity contribution is 7.57. The van der Waals surface area contributed by atoms with Crippen molar-refractivity contribution >= 4 is 36.0 Å². The molecule has 0 fully saturated rings. The number of nitrogen functional groups attached to an aromatic ring is 1. The Labute approximate surface area is 161 Å².